The normalized spacial score (nSPS) is 11.2. The number of hydrogen-bond acceptors (Lipinski definition) is 3. The van der Waals surface area contributed by atoms with Gasteiger partial charge in [-0.2, -0.15) is 0 Å². The molecule has 0 atom stereocenters. The lowest BCUT2D eigenvalue weighted by Crippen LogP contribution is -2.38. The SMILES string of the molecule is CC(C)(O)CNC(=O)c1cc(N)cc(Cl)c1. The van der Waals surface area contributed by atoms with Crippen LogP contribution in [0.1, 0.15) is 24.2 Å². The first-order valence-electron chi connectivity index (χ1n) is 4.84. The van der Waals surface area contributed by atoms with E-state index in [0.29, 0.717) is 16.3 Å². The number of nitrogens with two attached hydrogens (primary N) is 1. The molecule has 0 fully saturated rings. The van der Waals surface area contributed by atoms with Crippen molar-refractivity contribution in [2.45, 2.75) is 19.4 Å². The van der Waals surface area contributed by atoms with Gasteiger partial charge in [0.15, 0.2) is 0 Å². The Balaban J connectivity index is 2.73. The predicted molar refractivity (Wildman–Crippen MR) is 64.5 cm³/mol. The van der Waals surface area contributed by atoms with Crippen LogP contribution >= 0.6 is 11.6 Å². The van der Waals surface area contributed by atoms with Gasteiger partial charge in [0, 0.05) is 22.8 Å². The largest absolute Gasteiger partial charge is 0.399 e. The van der Waals surface area contributed by atoms with Gasteiger partial charge in [-0.1, -0.05) is 11.6 Å². The molecule has 0 aliphatic heterocycles. The lowest BCUT2D eigenvalue weighted by Gasteiger charge is -2.17. The van der Waals surface area contributed by atoms with Crippen molar-refractivity contribution in [1.29, 1.82) is 0 Å². The van der Waals surface area contributed by atoms with E-state index in [1.807, 2.05) is 0 Å². The summed E-state index contributed by atoms with van der Waals surface area (Å²) in [7, 11) is 0. The summed E-state index contributed by atoms with van der Waals surface area (Å²) in [6.45, 7) is 3.39. The zero-order valence-electron chi connectivity index (χ0n) is 9.25. The summed E-state index contributed by atoms with van der Waals surface area (Å²) in [6.07, 6.45) is 0. The van der Waals surface area contributed by atoms with Crippen LogP contribution in [-0.2, 0) is 0 Å². The Bertz CT molecular complexity index is 379. The number of rotatable bonds is 3. The molecule has 1 aromatic rings. The minimum Gasteiger partial charge on any atom is -0.399 e. The molecule has 0 spiro atoms. The number of hydrogen-bond donors (Lipinski definition) is 3. The van der Waals surface area contributed by atoms with Crippen LogP contribution in [0.15, 0.2) is 18.2 Å². The summed E-state index contributed by atoms with van der Waals surface area (Å²) in [6, 6.07) is 4.62. The lowest BCUT2D eigenvalue weighted by atomic mass is 10.1. The highest BCUT2D eigenvalue weighted by molar-refractivity contribution is 6.31. The topological polar surface area (TPSA) is 75.3 Å². The lowest BCUT2D eigenvalue weighted by molar-refractivity contribution is 0.0694. The molecule has 0 saturated carbocycles. The number of carbonyl (C=O) groups excluding carboxylic acids is 1. The third kappa shape index (κ3) is 4.08. The van der Waals surface area contributed by atoms with E-state index < -0.39 is 5.60 Å². The molecule has 1 aromatic carbocycles. The van der Waals surface area contributed by atoms with E-state index in [-0.39, 0.29) is 12.5 Å². The van der Waals surface area contributed by atoms with E-state index in [0.717, 1.165) is 0 Å². The van der Waals surface area contributed by atoms with Crippen molar-refractivity contribution in [3.05, 3.63) is 28.8 Å². The fourth-order valence-corrected chi connectivity index (χ4v) is 1.39. The minimum absolute atomic E-state index is 0.165. The molecular formula is C11H15ClN2O2. The van der Waals surface area contributed by atoms with Crippen LogP contribution in [0.4, 0.5) is 5.69 Å². The number of aliphatic hydroxyl groups is 1. The van der Waals surface area contributed by atoms with E-state index in [9.17, 15) is 9.90 Å². The summed E-state index contributed by atoms with van der Waals surface area (Å²) in [4.78, 5) is 11.7. The maximum Gasteiger partial charge on any atom is 0.251 e. The second-order valence-electron chi connectivity index (χ2n) is 4.27. The molecule has 1 rings (SSSR count). The van der Waals surface area contributed by atoms with Crippen molar-refractivity contribution >= 4 is 23.2 Å². The summed E-state index contributed by atoms with van der Waals surface area (Å²) >= 11 is 5.77. The van der Waals surface area contributed by atoms with Crippen LogP contribution < -0.4 is 11.1 Å². The zero-order valence-corrected chi connectivity index (χ0v) is 10.0. The van der Waals surface area contributed by atoms with Gasteiger partial charge in [-0.3, -0.25) is 4.79 Å². The molecular weight excluding hydrogens is 228 g/mol. The molecule has 0 bridgehead atoms. The number of halogens is 1. The third-order valence-electron chi connectivity index (χ3n) is 1.86. The summed E-state index contributed by atoms with van der Waals surface area (Å²) in [5.41, 5.74) is 5.44. The highest BCUT2D eigenvalue weighted by Crippen LogP contribution is 2.16. The minimum atomic E-state index is -0.945. The fraction of sp³-hybridized carbons (Fsp3) is 0.364. The highest BCUT2D eigenvalue weighted by atomic mass is 35.5. The van der Waals surface area contributed by atoms with Gasteiger partial charge in [0.25, 0.3) is 5.91 Å². The maximum absolute atomic E-state index is 11.7. The molecule has 0 aliphatic carbocycles. The summed E-state index contributed by atoms with van der Waals surface area (Å²) < 4.78 is 0. The number of anilines is 1. The predicted octanol–water partition coefficient (Wildman–Crippen LogP) is 1.42. The van der Waals surface area contributed by atoms with E-state index >= 15 is 0 Å². The molecule has 1 amide bonds. The van der Waals surface area contributed by atoms with Crippen LogP contribution in [0, 0.1) is 0 Å². The van der Waals surface area contributed by atoms with Crippen LogP contribution in [0.3, 0.4) is 0 Å². The van der Waals surface area contributed by atoms with Gasteiger partial charge >= 0.3 is 0 Å². The summed E-state index contributed by atoms with van der Waals surface area (Å²) in [5, 5.41) is 12.5. The van der Waals surface area contributed by atoms with Crippen molar-refractivity contribution in [3.63, 3.8) is 0 Å². The molecule has 0 heterocycles. The monoisotopic (exact) mass is 242 g/mol. The Hall–Kier alpha value is -1.26. The molecule has 0 radical (unpaired) electrons. The van der Waals surface area contributed by atoms with E-state index in [2.05, 4.69) is 5.32 Å². The number of nitrogen functional groups attached to an aromatic ring is 1. The van der Waals surface area contributed by atoms with Gasteiger partial charge in [-0.05, 0) is 32.0 Å². The van der Waals surface area contributed by atoms with Crippen molar-refractivity contribution in [1.82, 2.24) is 5.32 Å². The molecule has 0 aliphatic rings. The number of benzene rings is 1. The Morgan fingerprint density at radius 1 is 1.50 bits per heavy atom. The Labute approximate surface area is 99.4 Å². The quantitative estimate of drug-likeness (QED) is 0.702. The molecule has 4 N–H and O–H groups in total. The average molecular weight is 243 g/mol. The van der Waals surface area contributed by atoms with Crippen molar-refractivity contribution < 1.29 is 9.90 Å². The third-order valence-corrected chi connectivity index (χ3v) is 2.08. The van der Waals surface area contributed by atoms with E-state index in [1.165, 1.54) is 12.1 Å². The second kappa shape index (κ2) is 4.72. The Kier molecular flexibility index (Phi) is 3.78. The van der Waals surface area contributed by atoms with Crippen molar-refractivity contribution in [2.75, 3.05) is 12.3 Å². The first-order valence-corrected chi connectivity index (χ1v) is 5.22. The smallest absolute Gasteiger partial charge is 0.251 e. The first-order chi connectivity index (χ1) is 7.28. The van der Waals surface area contributed by atoms with Crippen LogP contribution in [-0.4, -0.2) is 23.2 Å². The van der Waals surface area contributed by atoms with Crippen LogP contribution in [0.5, 0.6) is 0 Å². The molecule has 16 heavy (non-hydrogen) atoms. The zero-order chi connectivity index (χ0) is 12.3. The Morgan fingerprint density at radius 2 is 2.12 bits per heavy atom. The maximum atomic E-state index is 11.7. The fourth-order valence-electron chi connectivity index (χ4n) is 1.14. The molecule has 0 saturated heterocycles. The standard InChI is InChI=1S/C11H15ClN2O2/c1-11(2,16)6-14-10(15)7-3-8(12)5-9(13)4-7/h3-5,16H,6,13H2,1-2H3,(H,14,15). The highest BCUT2D eigenvalue weighted by Gasteiger charge is 2.15. The molecule has 0 unspecified atom stereocenters. The molecule has 0 aromatic heterocycles. The van der Waals surface area contributed by atoms with Crippen molar-refractivity contribution in [3.8, 4) is 0 Å². The van der Waals surface area contributed by atoms with Gasteiger partial charge < -0.3 is 16.2 Å². The van der Waals surface area contributed by atoms with Gasteiger partial charge in [0.05, 0.1) is 5.60 Å². The van der Waals surface area contributed by atoms with Gasteiger partial charge in [-0.25, -0.2) is 0 Å². The van der Waals surface area contributed by atoms with E-state index in [1.54, 1.807) is 19.9 Å². The van der Waals surface area contributed by atoms with Gasteiger partial charge in [-0.15, -0.1) is 0 Å². The number of amides is 1. The molecule has 4 nitrogen and oxygen atoms in total. The van der Waals surface area contributed by atoms with Gasteiger partial charge in [0.1, 0.15) is 0 Å². The molecule has 88 valence electrons. The van der Waals surface area contributed by atoms with Crippen molar-refractivity contribution in [2.24, 2.45) is 0 Å². The Morgan fingerprint density at radius 3 is 2.62 bits per heavy atom. The van der Waals surface area contributed by atoms with Gasteiger partial charge in [0.2, 0.25) is 0 Å². The first kappa shape index (κ1) is 12.8. The van der Waals surface area contributed by atoms with Crippen LogP contribution in [0.25, 0.3) is 0 Å². The average Bonchev–Trinajstić information content (AvgIpc) is 2.11. The molecule has 5 heteroatoms. The number of nitrogens with one attached hydrogen (secondary N) is 1. The van der Waals surface area contributed by atoms with Crippen LogP contribution in [0.2, 0.25) is 5.02 Å². The second-order valence-corrected chi connectivity index (χ2v) is 4.70. The summed E-state index contributed by atoms with van der Waals surface area (Å²) in [5.74, 6) is -0.309. The van der Waals surface area contributed by atoms with E-state index in [4.69, 9.17) is 17.3 Å². The number of carbonyl (C=O) groups is 1.